The first-order chi connectivity index (χ1) is 8.81. The Kier molecular flexibility index (Phi) is 4.59. The Hall–Kier alpha value is -1.55. The van der Waals surface area contributed by atoms with Gasteiger partial charge in [-0.05, 0) is 44.5 Å². The maximum absolute atomic E-state index is 12.1. The molecule has 0 aliphatic carbocycles. The zero-order chi connectivity index (χ0) is 12.8. The average molecular weight is 248 g/mol. The van der Waals surface area contributed by atoms with Crippen molar-refractivity contribution in [2.75, 3.05) is 19.6 Å². The molecule has 1 unspecified atom stereocenters. The van der Waals surface area contributed by atoms with Crippen molar-refractivity contribution >= 4 is 12.0 Å². The average Bonchev–Trinajstić information content (AvgIpc) is 2.92. The van der Waals surface area contributed by atoms with E-state index >= 15 is 0 Å². The van der Waals surface area contributed by atoms with Gasteiger partial charge in [-0.25, -0.2) is 0 Å². The fourth-order valence-corrected chi connectivity index (χ4v) is 2.33. The molecule has 1 saturated heterocycles. The lowest BCUT2D eigenvalue weighted by Gasteiger charge is -2.33. The van der Waals surface area contributed by atoms with E-state index in [1.165, 1.54) is 0 Å². The summed E-state index contributed by atoms with van der Waals surface area (Å²) >= 11 is 0. The highest BCUT2D eigenvalue weighted by atomic mass is 16.3. The lowest BCUT2D eigenvalue weighted by Crippen LogP contribution is -2.48. The van der Waals surface area contributed by atoms with Gasteiger partial charge in [-0.3, -0.25) is 4.79 Å². The highest BCUT2D eigenvalue weighted by Gasteiger charge is 2.22. The van der Waals surface area contributed by atoms with Crippen molar-refractivity contribution in [2.45, 2.75) is 25.8 Å². The van der Waals surface area contributed by atoms with Gasteiger partial charge in [0.1, 0.15) is 5.76 Å². The summed E-state index contributed by atoms with van der Waals surface area (Å²) in [5.74, 6) is 0.767. The smallest absolute Gasteiger partial charge is 0.246 e. The molecule has 4 heteroatoms. The molecule has 1 fully saturated rings. The van der Waals surface area contributed by atoms with Crippen LogP contribution in [-0.4, -0.2) is 36.5 Å². The van der Waals surface area contributed by atoms with Gasteiger partial charge in [0, 0.05) is 25.2 Å². The Morgan fingerprint density at radius 2 is 2.56 bits per heavy atom. The molecule has 18 heavy (non-hydrogen) atoms. The van der Waals surface area contributed by atoms with E-state index in [4.69, 9.17) is 4.42 Å². The van der Waals surface area contributed by atoms with Gasteiger partial charge in [-0.2, -0.15) is 0 Å². The number of likely N-dealkylation sites (N-methyl/N-ethyl adjacent to an activating group) is 1. The van der Waals surface area contributed by atoms with Crippen molar-refractivity contribution in [1.82, 2.24) is 10.2 Å². The number of hydrogen-bond acceptors (Lipinski definition) is 3. The first-order valence-corrected chi connectivity index (χ1v) is 6.54. The number of nitrogens with one attached hydrogen (secondary N) is 1. The second-order valence-corrected chi connectivity index (χ2v) is 4.47. The minimum absolute atomic E-state index is 0.0580. The largest absolute Gasteiger partial charge is 0.465 e. The van der Waals surface area contributed by atoms with E-state index in [0.29, 0.717) is 11.8 Å². The molecule has 1 atom stereocenters. The summed E-state index contributed by atoms with van der Waals surface area (Å²) in [6, 6.07) is 3.96. The van der Waals surface area contributed by atoms with Crippen LogP contribution in [0.2, 0.25) is 0 Å². The van der Waals surface area contributed by atoms with Crippen LogP contribution in [0.5, 0.6) is 0 Å². The van der Waals surface area contributed by atoms with Crippen LogP contribution in [-0.2, 0) is 4.79 Å². The highest BCUT2D eigenvalue weighted by molar-refractivity contribution is 5.91. The van der Waals surface area contributed by atoms with Crippen LogP contribution in [0.3, 0.4) is 0 Å². The summed E-state index contributed by atoms with van der Waals surface area (Å²) in [6.07, 6.45) is 7.14. The Balaban J connectivity index is 1.96. The molecule has 1 aliphatic rings. The van der Waals surface area contributed by atoms with Crippen LogP contribution >= 0.6 is 0 Å². The summed E-state index contributed by atoms with van der Waals surface area (Å²) in [5.41, 5.74) is 0. The predicted molar refractivity (Wildman–Crippen MR) is 71.0 cm³/mol. The molecule has 1 amide bonds. The van der Waals surface area contributed by atoms with Crippen LogP contribution < -0.4 is 5.32 Å². The van der Waals surface area contributed by atoms with Crippen LogP contribution in [0.1, 0.15) is 25.5 Å². The number of rotatable bonds is 4. The second kappa shape index (κ2) is 6.40. The second-order valence-electron chi connectivity index (χ2n) is 4.47. The van der Waals surface area contributed by atoms with Crippen LogP contribution in [0.15, 0.2) is 28.9 Å². The van der Waals surface area contributed by atoms with Crippen molar-refractivity contribution in [1.29, 1.82) is 0 Å². The first-order valence-electron chi connectivity index (χ1n) is 6.54. The van der Waals surface area contributed by atoms with Crippen molar-refractivity contribution in [3.05, 3.63) is 30.2 Å². The van der Waals surface area contributed by atoms with E-state index in [-0.39, 0.29) is 5.91 Å². The first kappa shape index (κ1) is 12.9. The summed E-state index contributed by atoms with van der Waals surface area (Å²) in [7, 11) is 0. The molecule has 4 nitrogen and oxygen atoms in total. The number of furan rings is 1. The summed E-state index contributed by atoms with van der Waals surface area (Å²) in [6.45, 7) is 4.72. The normalized spacial score (nSPS) is 20.2. The van der Waals surface area contributed by atoms with Crippen molar-refractivity contribution in [3.63, 3.8) is 0 Å². The summed E-state index contributed by atoms with van der Waals surface area (Å²) < 4.78 is 5.17. The third-order valence-corrected chi connectivity index (χ3v) is 3.27. The van der Waals surface area contributed by atoms with Gasteiger partial charge < -0.3 is 14.6 Å². The van der Waals surface area contributed by atoms with E-state index in [9.17, 15) is 4.79 Å². The third kappa shape index (κ3) is 3.23. The van der Waals surface area contributed by atoms with Crippen molar-refractivity contribution < 1.29 is 9.21 Å². The Morgan fingerprint density at radius 1 is 1.67 bits per heavy atom. The Bertz CT molecular complexity index is 392. The lowest BCUT2D eigenvalue weighted by molar-refractivity contribution is -0.128. The van der Waals surface area contributed by atoms with Gasteiger partial charge in [0.2, 0.25) is 5.91 Å². The molecular formula is C14H20N2O2. The number of piperidine rings is 1. The topological polar surface area (TPSA) is 45.5 Å². The molecule has 1 aliphatic heterocycles. The number of carbonyl (C=O) groups excluding carboxylic acids is 1. The van der Waals surface area contributed by atoms with Crippen LogP contribution in [0.25, 0.3) is 6.08 Å². The number of carbonyl (C=O) groups is 1. The molecule has 0 radical (unpaired) electrons. The monoisotopic (exact) mass is 248 g/mol. The number of hydrogen-bond donors (Lipinski definition) is 1. The molecule has 0 saturated carbocycles. The lowest BCUT2D eigenvalue weighted by atomic mass is 10.1. The van der Waals surface area contributed by atoms with Gasteiger partial charge in [0.25, 0.3) is 0 Å². The molecule has 0 bridgehead atoms. The van der Waals surface area contributed by atoms with E-state index in [0.717, 1.165) is 32.5 Å². The van der Waals surface area contributed by atoms with Gasteiger partial charge >= 0.3 is 0 Å². The maximum Gasteiger partial charge on any atom is 0.246 e. The molecule has 2 heterocycles. The van der Waals surface area contributed by atoms with E-state index in [1.54, 1.807) is 18.4 Å². The molecule has 1 aromatic rings. The van der Waals surface area contributed by atoms with Crippen LogP contribution in [0.4, 0.5) is 0 Å². The highest BCUT2D eigenvalue weighted by Crippen LogP contribution is 2.11. The maximum atomic E-state index is 12.1. The minimum atomic E-state index is 0.0580. The zero-order valence-corrected chi connectivity index (χ0v) is 10.8. The standard InChI is InChI=1S/C14H20N2O2/c1-2-16(12-5-3-9-15-11-12)14(17)8-7-13-6-4-10-18-13/h4,6-8,10,12,15H,2-3,5,9,11H2,1H3/b8-7+. The molecule has 2 rings (SSSR count). The van der Waals surface area contributed by atoms with Gasteiger partial charge in [0.15, 0.2) is 0 Å². The molecule has 1 aromatic heterocycles. The van der Waals surface area contributed by atoms with Crippen LogP contribution in [0, 0.1) is 0 Å². The quantitative estimate of drug-likeness (QED) is 0.828. The number of nitrogens with zero attached hydrogens (tertiary/aromatic N) is 1. The van der Waals surface area contributed by atoms with Crippen molar-refractivity contribution in [2.24, 2.45) is 0 Å². The molecule has 1 N–H and O–H groups in total. The number of amides is 1. The third-order valence-electron chi connectivity index (χ3n) is 3.27. The zero-order valence-electron chi connectivity index (χ0n) is 10.8. The Morgan fingerprint density at radius 3 is 3.17 bits per heavy atom. The minimum Gasteiger partial charge on any atom is -0.465 e. The van der Waals surface area contributed by atoms with E-state index in [1.807, 2.05) is 24.0 Å². The van der Waals surface area contributed by atoms with Gasteiger partial charge in [0.05, 0.1) is 6.26 Å². The fourth-order valence-electron chi connectivity index (χ4n) is 2.33. The Labute approximate surface area is 108 Å². The van der Waals surface area contributed by atoms with E-state index in [2.05, 4.69) is 5.32 Å². The predicted octanol–water partition coefficient (Wildman–Crippen LogP) is 1.89. The SMILES string of the molecule is CCN(C(=O)/C=C/c1ccco1)C1CCCNC1. The van der Waals surface area contributed by atoms with Crippen molar-refractivity contribution in [3.8, 4) is 0 Å². The molecule has 0 spiro atoms. The van der Waals surface area contributed by atoms with E-state index < -0.39 is 0 Å². The molecule has 98 valence electrons. The summed E-state index contributed by atoms with van der Waals surface area (Å²) in [4.78, 5) is 14.1. The fraction of sp³-hybridized carbons (Fsp3) is 0.500. The summed E-state index contributed by atoms with van der Waals surface area (Å²) in [5, 5.41) is 3.34. The molecular weight excluding hydrogens is 228 g/mol. The van der Waals surface area contributed by atoms with Gasteiger partial charge in [-0.1, -0.05) is 0 Å². The van der Waals surface area contributed by atoms with Gasteiger partial charge in [-0.15, -0.1) is 0 Å². The molecule has 0 aromatic carbocycles.